The molecule has 0 radical (unpaired) electrons. The number of hydrogen-bond acceptors (Lipinski definition) is 8. The number of hydrogen-bond donors (Lipinski definition) is 0. The molecule has 38 heavy (non-hydrogen) atoms. The van der Waals surface area contributed by atoms with Gasteiger partial charge in [-0.25, -0.2) is 9.18 Å². The number of imide groups is 1. The fourth-order valence-corrected chi connectivity index (χ4v) is 5.55. The van der Waals surface area contributed by atoms with Gasteiger partial charge in [0.05, 0.1) is 24.1 Å². The van der Waals surface area contributed by atoms with Crippen LogP contribution in [0.15, 0.2) is 48.7 Å². The third-order valence-corrected chi connectivity index (χ3v) is 7.21. The van der Waals surface area contributed by atoms with E-state index in [1.165, 1.54) is 29.1 Å². The summed E-state index contributed by atoms with van der Waals surface area (Å²) in [6, 6.07) is 9.42. The molecule has 1 aromatic carbocycles. The molecule has 0 N–H and O–H groups in total. The lowest BCUT2D eigenvalue weighted by molar-refractivity contribution is -0.170. The van der Waals surface area contributed by atoms with E-state index < -0.39 is 23.6 Å². The highest BCUT2D eigenvalue weighted by atomic mass is 19.1. The van der Waals surface area contributed by atoms with E-state index in [1.54, 1.807) is 33.0 Å². The molecule has 3 aliphatic rings. The third kappa shape index (κ3) is 5.06. The van der Waals surface area contributed by atoms with E-state index >= 15 is 0 Å². The molecule has 3 fully saturated rings. The number of pyridine rings is 1. The Hall–Kier alpha value is -3.63. The minimum atomic E-state index is -0.796. The molecule has 2 aromatic rings. The molecule has 1 aromatic heterocycles. The molecule has 0 aliphatic carbocycles. The highest BCUT2D eigenvalue weighted by Crippen LogP contribution is 2.44. The van der Waals surface area contributed by atoms with Gasteiger partial charge in [-0.1, -0.05) is 24.3 Å². The number of piperazine rings is 1. The van der Waals surface area contributed by atoms with Crippen molar-refractivity contribution in [2.75, 3.05) is 26.7 Å². The Labute approximate surface area is 220 Å². The Balaban J connectivity index is 1.34. The maximum Gasteiger partial charge on any atom is 0.528 e. The molecule has 3 saturated heterocycles. The number of rotatable bonds is 4. The van der Waals surface area contributed by atoms with Crippen LogP contribution in [0.4, 0.5) is 9.18 Å². The molecule has 5 rings (SSSR count). The number of aromatic nitrogens is 1. The van der Waals surface area contributed by atoms with E-state index in [9.17, 15) is 18.8 Å². The first-order valence-electron chi connectivity index (χ1n) is 12.6. The number of carbonyl (C=O) groups excluding carboxylic acids is 3. The zero-order chi connectivity index (χ0) is 27.2. The first kappa shape index (κ1) is 26.0. The minimum absolute atomic E-state index is 0.210. The lowest BCUT2D eigenvalue weighted by atomic mass is 9.89. The molecular formula is C28H31FN4O5. The second-order valence-corrected chi connectivity index (χ2v) is 10.9. The highest BCUT2D eigenvalue weighted by Gasteiger charge is 2.61. The summed E-state index contributed by atoms with van der Waals surface area (Å²) in [4.78, 5) is 51.6. The number of carbonyl (C=O) groups is 3. The van der Waals surface area contributed by atoms with Crippen LogP contribution in [0.1, 0.15) is 26.5 Å². The molecule has 3 aliphatic heterocycles. The Bertz CT molecular complexity index is 1270. The summed E-state index contributed by atoms with van der Waals surface area (Å²) in [6.45, 7) is 6.48. The van der Waals surface area contributed by atoms with Gasteiger partial charge in [0.2, 0.25) is 11.8 Å². The Kier molecular flexibility index (Phi) is 6.79. The van der Waals surface area contributed by atoms with Crippen LogP contribution in [0, 0.1) is 17.7 Å². The maximum absolute atomic E-state index is 13.6. The molecule has 4 atom stereocenters. The van der Waals surface area contributed by atoms with Crippen LogP contribution in [0.25, 0.3) is 17.2 Å². The summed E-state index contributed by atoms with van der Waals surface area (Å²) in [5.41, 5.74) is 1.52. The molecule has 9 nitrogen and oxygen atoms in total. The van der Waals surface area contributed by atoms with Crippen molar-refractivity contribution in [2.24, 2.45) is 11.8 Å². The normalized spacial score (nSPS) is 26.1. The summed E-state index contributed by atoms with van der Waals surface area (Å²) in [7, 11) is 1.51. The van der Waals surface area contributed by atoms with E-state index in [0.29, 0.717) is 18.8 Å². The molecule has 0 spiro atoms. The van der Waals surface area contributed by atoms with Crippen LogP contribution in [-0.2, 0) is 19.2 Å². The number of hydroxylamine groups is 2. The van der Waals surface area contributed by atoms with Crippen LogP contribution >= 0.6 is 0 Å². The van der Waals surface area contributed by atoms with Crippen molar-refractivity contribution in [3.63, 3.8) is 0 Å². The van der Waals surface area contributed by atoms with Gasteiger partial charge in [-0.05, 0) is 50.6 Å². The maximum atomic E-state index is 13.6. The SMILES string of the molecule is CN1C(=O)C2C(C1=O)C1CN(OC(=O)OC(C)(C)C)CCN1C2/C=C/c1ccc(-c2cccc(F)c2)cn1. The average Bonchev–Trinajstić information content (AvgIpc) is 3.29. The van der Waals surface area contributed by atoms with Gasteiger partial charge >= 0.3 is 6.16 Å². The van der Waals surface area contributed by atoms with Gasteiger partial charge in [-0.3, -0.25) is 24.4 Å². The van der Waals surface area contributed by atoms with E-state index in [2.05, 4.69) is 9.88 Å². The number of halogens is 1. The Morgan fingerprint density at radius 1 is 1.08 bits per heavy atom. The number of amides is 2. The van der Waals surface area contributed by atoms with Gasteiger partial charge in [0.25, 0.3) is 0 Å². The third-order valence-electron chi connectivity index (χ3n) is 7.21. The smallest absolute Gasteiger partial charge is 0.427 e. The first-order valence-corrected chi connectivity index (χ1v) is 12.6. The molecule has 200 valence electrons. The summed E-state index contributed by atoms with van der Waals surface area (Å²) >= 11 is 0. The van der Waals surface area contributed by atoms with E-state index in [1.807, 2.05) is 30.4 Å². The van der Waals surface area contributed by atoms with Gasteiger partial charge in [-0.15, -0.1) is 5.06 Å². The monoisotopic (exact) mass is 522 g/mol. The van der Waals surface area contributed by atoms with E-state index in [4.69, 9.17) is 9.57 Å². The minimum Gasteiger partial charge on any atom is -0.427 e. The topological polar surface area (TPSA) is 92.3 Å². The van der Waals surface area contributed by atoms with Crippen LogP contribution in [0.3, 0.4) is 0 Å². The molecule has 10 heteroatoms. The lowest BCUT2D eigenvalue weighted by Gasteiger charge is -2.39. The molecule has 0 saturated carbocycles. The van der Waals surface area contributed by atoms with Crippen molar-refractivity contribution >= 4 is 24.0 Å². The van der Waals surface area contributed by atoms with Crippen molar-refractivity contribution in [1.29, 1.82) is 0 Å². The van der Waals surface area contributed by atoms with Crippen LogP contribution in [0.5, 0.6) is 0 Å². The number of ether oxygens (including phenoxy) is 1. The quantitative estimate of drug-likeness (QED) is 0.446. The van der Waals surface area contributed by atoms with E-state index in [0.717, 1.165) is 11.1 Å². The Morgan fingerprint density at radius 2 is 1.84 bits per heavy atom. The zero-order valence-electron chi connectivity index (χ0n) is 21.8. The van der Waals surface area contributed by atoms with E-state index in [-0.39, 0.29) is 36.3 Å². The van der Waals surface area contributed by atoms with Gasteiger partial charge in [0.1, 0.15) is 11.4 Å². The Morgan fingerprint density at radius 3 is 2.53 bits per heavy atom. The first-order chi connectivity index (χ1) is 18.0. The number of fused-ring (bicyclic) bond motifs is 3. The second-order valence-electron chi connectivity index (χ2n) is 10.9. The largest absolute Gasteiger partial charge is 0.528 e. The number of likely N-dealkylation sites (tertiary alicyclic amines) is 1. The predicted molar refractivity (Wildman–Crippen MR) is 137 cm³/mol. The molecule has 4 heterocycles. The second kappa shape index (κ2) is 9.92. The molecule has 4 unspecified atom stereocenters. The van der Waals surface area contributed by atoms with Gasteiger partial charge in [0, 0.05) is 44.0 Å². The zero-order valence-corrected chi connectivity index (χ0v) is 21.8. The van der Waals surface area contributed by atoms with Crippen LogP contribution in [-0.4, -0.2) is 82.2 Å². The fourth-order valence-electron chi connectivity index (χ4n) is 5.55. The average molecular weight is 523 g/mol. The van der Waals surface area contributed by atoms with Gasteiger partial charge in [0.15, 0.2) is 0 Å². The van der Waals surface area contributed by atoms with Crippen molar-refractivity contribution < 1.29 is 28.3 Å². The van der Waals surface area contributed by atoms with Gasteiger partial charge < -0.3 is 9.57 Å². The van der Waals surface area contributed by atoms with Crippen LogP contribution in [0.2, 0.25) is 0 Å². The summed E-state index contributed by atoms with van der Waals surface area (Å²) < 4.78 is 18.8. The van der Waals surface area contributed by atoms with Crippen molar-refractivity contribution in [2.45, 2.75) is 38.5 Å². The van der Waals surface area contributed by atoms with Crippen molar-refractivity contribution in [3.8, 4) is 11.1 Å². The lowest BCUT2D eigenvalue weighted by Crippen LogP contribution is -2.55. The van der Waals surface area contributed by atoms with Gasteiger partial charge in [-0.2, -0.15) is 0 Å². The number of nitrogens with zero attached hydrogens (tertiary/aromatic N) is 4. The summed E-state index contributed by atoms with van der Waals surface area (Å²) in [5.74, 6) is -1.80. The molecule has 2 amide bonds. The van der Waals surface area contributed by atoms with Crippen molar-refractivity contribution in [3.05, 3.63) is 60.2 Å². The molecule has 0 bridgehead atoms. The predicted octanol–water partition coefficient (Wildman–Crippen LogP) is 3.37. The molecular weight excluding hydrogens is 491 g/mol. The summed E-state index contributed by atoms with van der Waals surface area (Å²) in [6.07, 6.45) is 4.66. The highest BCUT2D eigenvalue weighted by molar-refractivity contribution is 6.06. The van der Waals surface area contributed by atoms with Crippen molar-refractivity contribution in [1.82, 2.24) is 19.8 Å². The summed E-state index contributed by atoms with van der Waals surface area (Å²) in [5, 5.41) is 1.52. The standard InChI is InChI=1S/C28H31FN4O5/c1-28(2,3)37-27(36)38-32-12-13-33-21(23-24(22(33)16-32)26(35)31(4)25(23)34)11-10-20-9-8-18(15-30-20)17-6-5-7-19(29)14-17/h5-11,14-15,21-24H,12-13,16H2,1-4H3/b11-10+. The fraction of sp³-hybridized carbons (Fsp3) is 0.429. The number of benzene rings is 1. The van der Waals surface area contributed by atoms with Crippen LogP contribution < -0.4 is 0 Å².